The molecule has 31 heavy (non-hydrogen) atoms. The van der Waals surface area contributed by atoms with Crippen LogP contribution in [0.1, 0.15) is 18.3 Å². The molecule has 2 heterocycles. The molecule has 9 heteroatoms. The second kappa shape index (κ2) is 10.8. The average molecular weight is 422 g/mol. The third-order valence-corrected chi connectivity index (χ3v) is 4.15. The van der Waals surface area contributed by atoms with Gasteiger partial charge in [0.1, 0.15) is 29.0 Å². The van der Waals surface area contributed by atoms with E-state index in [0.29, 0.717) is 42.8 Å². The predicted molar refractivity (Wildman–Crippen MR) is 122 cm³/mol. The molecular formula is C22H27N7O2. The number of aryl methyl sites for hydroxylation is 2. The Morgan fingerprint density at radius 3 is 2.48 bits per heavy atom. The van der Waals surface area contributed by atoms with E-state index in [1.54, 1.807) is 24.4 Å². The summed E-state index contributed by atoms with van der Waals surface area (Å²) in [6, 6.07) is 12.6. The van der Waals surface area contributed by atoms with Crippen LogP contribution in [0.25, 0.3) is 0 Å². The summed E-state index contributed by atoms with van der Waals surface area (Å²) in [4.78, 5) is 25.1. The fraction of sp³-hybridized carbons (Fsp3) is 0.273. The third-order valence-electron chi connectivity index (χ3n) is 4.15. The number of ether oxygens (including phenoxy) is 1. The normalized spacial score (nSPS) is 10.3. The highest BCUT2D eigenvalue weighted by Gasteiger charge is 2.05. The standard InChI is InChI=1S/C22H27N7O2/c1-4-31-18-7-5-17(6-8-18)28-22(30)25-12-11-24-20-14-21(27-16(3)26-20)29-19-13-15(2)9-10-23-19/h5-10,13-14H,4,11-12H2,1-3H3,(H2,25,28,30)(H2,23,24,26,27,29). The summed E-state index contributed by atoms with van der Waals surface area (Å²) in [7, 11) is 0. The average Bonchev–Trinajstić information content (AvgIpc) is 2.72. The van der Waals surface area contributed by atoms with Crippen molar-refractivity contribution >= 4 is 29.2 Å². The lowest BCUT2D eigenvalue weighted by atomic mass is 10.3. The van der Waals surface area contributed by atoms with Gasteiger partial charge in [-0.05, 0) is 62.7 Å². The summed E-state index contributed by atoms with van der Waals surface area (Å²) in [5.41, 5.74) is 1.80. The van der Waals surface area contributed by atoms with E-state index in [1.807, 2.05) is 45.0 Å². The Balaban J connectivity index is 1.45. The number of pyridine rings is 1. The fourth-order valence-electron chi connectivity index (χ4n) is 2.80. The van der Waals surface area contributed by atoms with Gasteiger partial charge in [-0.15, -0.1) is 0 Å². The molecule has 9 nitrogen and oxygen atoms in total. The Bertz CT molecular complexity index is 1010. The quantitative estimate of drug-likeness (QED) is 0.388. The van der Waals surface area contributed by atoms with E-state index in [2.05, 4.69) is 36.2 Å². The van der Waals surface area contributed by atoms with Crippen LogP contribution in [0.5, 0.6) is 5.75 Å². The molecule has 0 radical (unpaired) electrons. The van der Waals surface area contributed by atoms with E-state index < -0.39 is 0 Å². The van der Waals surface area contributed by atoms with Gasteiger partial charge in [0.15, 0.2) is 0 Å². The first-order chi connectivity index (χ1) is 15.0. The summed E-state index contributed by atoms with van der Waals surface area (Å²) in [5.74, 6) is 3.42. The third kappa shape index (κ3) is 7.14. The van der Waals surface area contributed by atoms with Crippen molar-refractivity contribution in [2.75, 3.05) is 35.6 Å². The molecule has 0 unspecified atom stereocenters. The lowest BCUT2D eigenvalue weighted by Gasteiger charge is -2.11. The highest BCUT2D eigenvalue weighted by Crippen LogP contribution is 2.17. The number of hydrogen-bond donors (Lipinski definition) is 4. The van der Waals surface area contributed by atoms with Crippen LogP contribution in [0.2, 0.25) is 0 Å². The van der Waals surface area contributed by atoms with E-state index in [9.17, 15) is 4.79 Å². The molecule has 0 aliphatic heterocycles. The van der Waals surface area contributed by atoms with Crippen LogP contribution in [0.15, 0.2) is 48.7 Å². The van der Waals surface area contributed by atoms with Crippen molar-refractivity contribution in [3.63, 3.8) is 0 Å². The molecule has 0 spiro atoms. The summed E-state index contributed by atoms with van der Waals surface area (Å²) >= 11 is 0. The first kappa shape index (κ1) is 21.8. The van der Waals surface area contributed by atoms with Gasteiger partial charge in [-0.2, -0.15) is 0 Å². The molecule has 0 atom stereocenters. The largest absolute Gasteiger partial charge is 0.494 e. The molecule has 0 fully saturated rings. The number of nitrogens with zero attached hydrogens (tertiary/aromatic N) is 3. The maximum absolute atomic E-state index is 12.0. The molecule has 3 rings (SSSR count). The van der Waals surface area contributed by atoms with Gasteiger partial charge in [0.05, 0.1) is 6.61 Å². The van der Waals surface area contributed by atoms with Crippen LogP contribution in [0, 0.1) is 13.8 Å². The zero-order valence-corrected chi connectivity index (χ0v) is 17.9. The van der Waals surface area contributed by atoms with E-state index in [-0.39, 0.29) is 6.03 Å². The van der Waals surface area contributed by atoms with Gasteiger partial charge in [0, 0.05) is 31.0 Å². The Kier molecular flexibility index (Phi) is 7.58. The number of hydrogen-bond acceptors (Lipinski definition) is 7. The molecule has 4 N–H and O–H groups in total. The summed E-state index contributed by atoms with van der Waals surface area (Å²) in [6.45, 7) is 7.29. The monoisotopic (exact) mass is 421 g/mol. The highest BCUT2D eigenvalue weighted by atomic mass is 16.5. The van der Waals surface area contributed by atoms with Crippen molar-refractivity contribution in [2.45, 2.75) is 20.8 Å². The van der Waals surface area contributed by atoms with Crippen molar-refractivity contribution < 1.29 is 9.53 Å². The van der Waals surface area contributed by atoms with E-state index in [0.717, 1.165) is 17.1 Å². The van der Waals surface area contributed by atoms with Gasteiger partial charge < -0.3 is 26.0 Å². The maximum atomic E-state index is 12.0. The van der Waals surface area contributed by atoms with Crippen LogP contribution >= 0.6 is 0 Å². The minimum Gasteiger partial charge on any atom is -0.494 e. The molecule has 0 saturated carbocycles. The van der Waals surface area contributed by atoms with Gasteiger partial charge in [-0.25, -0.2) is 19.7 Å². The predicted octanol–water partition coefficient (Wildman–Crippen LogP) is 3.86. The minimum absolute atomic E-state index is 0.280. The molecule has 3 aromatic rings. The molecule has 1 aromatic carbocycles. The number of amides is 2. The maximum Gasteiger partial charge on any atom is 0.319 e. The van der Waals surface area contributed by atoms with Crippen molar-refractivity contribution in [3.8, 4) is 5.75 Å². The molecule has 2 amide bonds. The van der Waals surface area contributed by atoms with Crippen LogP contribution in [-0.2, 0) is 0 Å². The van der Waals surface area contributed by atoms with Crippen LogP contribution in [0.4, 0.5) is 27.9 Å². The Morgan fingerprint density at radius 2 is 1.74 bits per heavy atom. The molecule has 162 valence electrons. The van der Waals surface area contributed by atoms with Gasteiger partial charge in [-0.3, -0.25) is 0 Å². The van der Waals surface area contributed by atoms with Crippen LogP contribution in [-0.4, -0.2) is 40.7 Å². The van der Waals surface area contributed by atoms with Crippen molar-refractivity contribution in [1.82, 2.24) is 20.3 Å². The number of urea groups is 1. The summed E-state index contributed by atoms with van der Waals surface area (Å²) in [5, 5.41) is 12.0. The first-order valence-electron chi connectivity index (χ1n) is 10.1. The van der Waals surface area contributed by atoms with Gasteiger partial charge in [-0.1, -0.05) is 0 Å². The number of benzene rings is 1. The van der Waals surface area contributed by atoms with Crippen LogP contribution < -0.4 is 26.0 Å². The number of nitrogens with one attached hydrogen (secondary N) is 4. The van der Waals surface area contributed by atoms with Crippen molar-refractivity contribution in [1.29, 1.82) is 0 Å². The lowest BCUT2D eigenvalue weighted by Crippen LogP contribution is -2.32. The topological polar surface area (TPSA) is 113 Å². The molecule has 0 aliphatic rings. The number of carbonyl (C=O) groups excluding carboxylic acids is 1. The van der Waals surface area contributed by atoms with Crippen LogP contribution in [0.3, 0.4) is 0 Å². The van der Waals surface area contributed by atoms with Gasteiger partial charge in [0.25, 0.3) is 0 Å². The van der Waals surface area contributed by atoms with E-state index in [4.69, 9.17) is 4.74 Å². The first-order valence-corrected chi connectivity index (χ1v) is 10.1. The van der Waals surface area contributed by atoms with Crippen molar-refractivity contribution in [2.24, 2.45) is 0 Å². The number of carbonyl (C=O) groups is 1. The minimum atomic E-state index is -0.280. The van der Waals surface area contributed by atoms with Gasteiger partial charge >= 0.3 is 6.03 Å². The lowest BCUT2D eigenvalue weighted by molar-refractivity contribution is 0.252. The Labute approximate surface area is 181 Å². The molecule has 0 bridgehead atoms. The van der Waals surface area contributed by atoms with E-state index in [1.165, 1.54) is 0 Å². The zero-order valence-electron chi connectivity index (χ0n) is 17.9. The highest BCUT2D eigenvalue weighted by molar-refractivity contribution is 5.89. The number of rotatable bonds is 9. The van der Waals surface area contributed by atoms with E-state index >= 15 is 0 Å². The second-order valence-electron chi connectivity index (χ2n) is 6.79. The second-order valence-corrected chi connectivity index (χ2v) is 6.79. The Hall–Kier alpha value is -3.88. The van der Waals surface area contributed by atoms with Gasteiger partial charge in [0.2, 0.25) is 0 Å². The SMILES string of the molecule is CCOc1ccc(NC(=O)NCCNc2cc(Nc3cc(C)ccn3)nc(C)n2)cc1. The summed E-state index contributed by atoms with van der Waals surface area (Å²) < 4.78 is 5.39. The van der Waals surface area contributed by atoms with Crippen molar-refractivity contribution in [3.05, 3.63) is 60.0 Å². The molecule has 0 aliphatic carbocycles. The number of aromatic nitrogens is 3. The number of anilines is 4. The molecule has 2 aromatic heterocycles. The zero-order chi connectivity index (χ0) is 22.1. The molecule has 0 saturated heterocycles. The Morgan fingerprint density at radius 1 is 0.968 bits per heavy atom. The fourth-order valence-corrected chi connectivity index (χ4v) is 2.80. The molecular weight excluding hydrogens is 394 g/mol. The summed E-state index contributed by atoms with van der Waals surface area (Å²) in [6.07, 6.45) is 1.74. The smallest absolute Gasteiger partial charge is 0.319 e.